The van der Waals surface area contributed by atoms with Gasteiger partial charge in [-0.2, -0.15) is 4.98 Å². The fourth-order valence-corrected chi connectivity index (χ4v) is 3.36. The van der Waals surface area contributed by atoms with Gasteiger partial charge in [0, 0.05) is 37.9 Å². The van der Waals surface area contributed by atoms with Gasteiger partial charge in [-0.05, 0) is 39.3 Å². The van der Waals surface area contributed by atoms with E-state index in [4.69, 9.17) is 0 Å². The van der Waals surface area contributed by atoms with E-state index in [0.29, 0.717) is 6.04 Å². The lowest BCUT2D eigenvalue weighted by Gasteiger charge is -2.32. The highest BCUT2D eigenvalue weighted by atomic mass is 15.3. The zero-order valence-electron chi connectivity index (χ0n) is 12.6. The number of likely N-dealkylation sites (tertiary alicyclic amines) is 1. The molecule has 110 valence electrons. The molecule has 1 N–H and O–H groups in total. The summed E-state index contributed by atoms with van der Waals surface area (Å²) in [5.41, 5.74) is 1.03. The van der Waals surface area contributed by atoms with Gasteiger partial charge in [0.25, 0.3) is 0 Å². The molecule has 0 spiro atoms. The highest BCUT2D eigenvalue weighted by molar-refractivity contribution is 5.45. The van der Waals surface area contributed by atoms with E-state index >= 15 is 0 Å². The van der Waals surface area contributed by atoms with Crippen LogP contribution >= 0.6 is 0 Å². The molecule has 5 heteroatoms. The summed E-state index contributed by atoms with van der Waals surface area (Å²) >= 11 is 0. The zero-order chi connectivity index (χ0) is 13.9. The van der Waals surface area contributed by atoms with Gasteiger partial charge in [0.2, 0.25) is 5.95 Å². The molecule has 1 aromatic rings. The van der Waals surface area contributed by atoms with Crippen molar-refractivity contribution in [3.8, 4) is 0 Å². The minimum Gasteiger partial charge on any atom is -0.357 e. The molecule has 0 bridgehead atoms. The molecule has 1 atom stereocenters. The number of nitrogens with one attached hydrogen (secondary N) is 1. The normalized spacial score (nSPS) is 24.1. The Kier molecular flexibility index (Phi) is 4.05. The van der Waals surface area contributed by atoms with Gasteiger partial charge in [-0.3, -0.25) is 4.90 Å². The first-order chi connectivity index (χ1) is 9.76. The van der Waals surface area contributed by atoms with Crippen molar-refractivity contribution in [1.29, 1.82) is 0 Å². The van der Waals surface area contributed by atoms with E-state index in [1.54, 1.807) is 0 Å². The largest absolute Gasteiger partial charge is 0.357 e. The van der Waals surface area contributed by atoms with Crippen LogP contribution in [0.15, 0.2) is 6.07 Å². The molecular formula is C15H25N5. The standard InChI is InChI=1S/C15H25N5/c1-12-10-14(18-15(16-2)17-12)20-9-6-13(11-20)19-7-4-3-5-8-19/h10,13H,3-9,11H2,1-2H3,(H,16,17,18). The van der Waals surface area contributed by atoms with E-state index in [0.717, 1.165) is 30.5 Å². The molecule has 3 rings (SSSR count). The smallest absolute Gasteiger partial charge is 0.224 e. The molecule has 2 aliphatic rings. The lowest BCUT2D eigenvalue weighted by Crippen LogP contribution is -2.41. The number of aryl methyl sites for hydroxylation is 1. The quantitative estimate of drug-likeness (QED) is 0.912. The van der Waals surface area contributed by atoms with Crippen LogP contribution in [0.2, 0.25) is 0 Å². The number of hydrogen-bond donors (Lipinski definition) is 1. The number of aromatic nitrogens is 2. The van der Waals surface area contributed by atoms with Crippen LogP contribution in [-0.4, -0.2) is 54.1 Å². The molecule has 5 nitrogen and oxygen atoms in total. The summed E-state index contributed by atoms with van der Waals surface area (Å²) in [6, 6.07) is 2.81. The lowest BCUT2D eigenvalue weighted by atomic mass is 10.1. The summed E-state index contributed by atoms with van der Waals surface area (Å²) in [6.45, 7) is 6.82. The first kappa shape index (κ1) is 13.6. The van der Waals surface area contributed by atoms with E-state index in [-0.39, 0.29) is 0 Å². The van der Waals surface area contributed by atoms with Gasteiger partial charge in [0.05, 0.1) is 0 Å². The monoisotopic (exact) mass is 275 g/mol. The van der Waals surface area contributed by atoms with Crippen molar-refractivity contribution >= 4 is 11.8 Å². The average molecular weight is 275 g/mol. The van der Waals surface area contributed by atoms with Gasteiger partial charge >= 0.3 is 0 Å². The fraction of sp³-hybridized carbons (Fsp3) is 0.733. The SMILES string of the molecule is CNc1nc(C)cc(N2CCC(N3CCCCC3)C2)n1. The number of nitrogens with zero attached hydrogens (tertiary/aromatic N) is 4. The predicted octanol–water partition coefficient (Wildman–Crippen LogP) is 1.89. The van der Waals surface area contributed by atoms with E-state index in [9.17, 15) is 0 Å². The highest BCUT2D eigenvalue weighted by Crippen LogP contribution is 2.24. The number of rotatable bonds is 3. The number of anilines is 2. The summed E-state index contributed by atoms with van der Waals surface area (Å²) < 4.78 is 0. The van der Waals surface area contributed by atoms with Gasteiger partial charge in [-0.15, -0.1) is 0 Å². The van der Waals surface area contributed by atoms with Crippen LogP contribution in [0.3, 0.4) is 0 Å². The first-order valence-electron chi connectivity index (χ1n) is 7.78. The molecule has 0 amide bonds. The van der Waals surface area contributed by atoms with Crippen molar-refractivity contribution in [2.45, 2.75) is 38.6 Å². The Bertz CT molecular complexity index is 456. The Morgan fingerprint density at radius 2 is 1.95 bits per heavy atom. The second-order valence-electron chi connectivity index (χ2n) is 5.93. The molecule has 1 aromatic heterocycles. The van der Waals surface area contributed by atoms with Crippen LogP contribution in [0.5, 0.6) is 0 Å². The van der Waals surface area contributed by atoms with Crippen LogP contribution in [0.1, 0.15) is 31.4 Å². The van der Waals surface area contributed by atoms with Crippen molar-refractivity contribution in [2.24, 2.45) is 0 Å². The van der Waals surface area contributed by atoms with Crippen LogP contribution in [0.4, 0.5) is 11.8 Å². The third-order valence-electron chi connectivity index (χ3n) is 4.46. The maximum Gasteiger partial charge on any atom is 0.224 e. The van der Waals surface area contributed by atoms with Crippen LogP contribution in [0.25, 0.3) is 0 Å². The number of hydrogen-bond acceptors (Lipinski definition) is 5. The Hall–Kier alpha value is -1.36. The second kappa shape index (κ2) is 5.95. The molecule has 3 heterocycles. The Labute approximate surface area is 121 Å². The maximum atomic E-state index is 4.60. The summed E-state index contributed by atoms with van der Waals surface area (Å²) in [7, 11) is 1.87. The molecule has 2 fully saturated rings. The van der Waals surface area contributed by atoms with Gasteiger partial charge in [0.1, 0.15) is 5.82 Å². The summed E-state index contributed by atoms with van der Waals surface area (Å²) in [6.07, 6.45) is 5.40. The summed E-state index contributed by atoms with van der Waals surface area (Å²) in [4.78, 5) is 14.1. The summed E-state index contributed by atoms with van der Waals surface area (Å²) in [5.74, 6) is 1.79. The van der Waals surface area contributed by atoms with Crippen LogP contribution in [-0.2, 0) is 0 Å². The van der Waals surface area contributed by atoms with Crippen LogP contribution < -0.4 is 10.2 Å². The number of piperidine rings is 1. The second-order valence-corrected chi connectivity index (χ2v) is 5.93. The Morgan fingerprint density at radius 1 is 1.15 bits per heavy atom. The Morgan fingerprint density at radius 3 is 2.70 bits per heavy atom. The minimum atomic E-state index is 0.712. The van der Waals surface area contributed by atoms with Crippen molar-refractivity contribution in [2.75, 3.05) is 43.4 Å². The van der Waals surface area contributed by atoms with Gasteiger partial charge in [0.15, 0.2) is 0 Å². The van der Waals surface area contributed by atoms with Crippen LogP contribution in [0, 0.1) is 6.92 Å². The molecule has 2 saturated heterocycles. The molecule has 0 aromatic carbocycles. The summed E-state index contributed by atoms with van der Waals surface area (Å²) in [5, 5.41) is 3.05. The molecular weight excluding hydrogens is 250 g/mol. The molecule has 0 aliphatic carbocycles. The van der Waals surface area contributed by atoms with E-state index in [1.165, 1.54) is 38.8 Å². The molecule has 0 saturated carbocycles. The van der Waals surface area contributed by atoms with Gasteiger partial charge in [-0.1, -0.05) is 6.42 Å². The lowest BCUT2D eigenvalue weighted by molar-refractivity contribution is 0.175. The van der Waals surface area contributed by atoms with E-state index in [2.05, 4.69) is 31.2 Å². The average Bonchev–Trinajstić information content (AvgIpc) is 2.97. The van der Waals surface area contributed by atoms with Crippen molar-refractivity contribution in [1.82, 2.24) is 14.9 Å². The molecule has 20 heavy (non-hydrogen) atoms. The molecule has 1 unspecified atom stereocenters. The molecule has 2 aliphatic heterocycles. The third-order valence-corrected chi connectivity index (χ3v) is 4.46. The van der Waals surface area contributed by atoms with Gasteiger partial charge in [-0.25, -0.2) is 4.98 Å². The van der Waals surface area contributed by atoms with E-state index < -0.39 is 0 Å². The first-order valence-corrected chi connectivity index (χ1v) is 7.78. The third kappa shape index (κ3) is 2.87. The van der Waals surface area contributed by atoms with Crippen molar-refractivity contribution in [3.05, 3.63) is 11.8 Å². The van der Waals surface area contributed by atoms with Crippen molar-refractivity contribution < 1.29 is 0 Å². The Balaban J connectivity index is 1.68. The molecule has 0 radical (unpaired) electrons. The topological polar surface area (TPSA) is 44.3 Å². The van der Waals surface area contributed by atoms with Crippen molar-refractivity contribution in [3.63, 3.8) is 0 Å². The highest BCUT2D eigenvalue weighted by Gasteiger charge is 2.29. The maximum absolute atomic E-state index is 4.60. The van der Waals surface area contributed by atoms with Gasteiger partial charge < -0.3 is 10.2 Å². The zero-order valence-corrected chi connectivity index (χ0v) is 12.6. The predicted molar refractivity (Wildman–Crippen MR) is 82.4 cm³/mol. The fourth-order valence-electron chi connectivity index (χ4n) is 3.36. The van der Waals surface area contributed by atoms with E-state index in [1.807, 2.05) is 14.0 Å². The minimum absolute atomic E-state index is 0.712.